The number of benzene rings is 2. The van der Waals surface area contributed by atoms with E-state index in [0.29, 0.717) is 18.8 Å². The van der Waals surface area contributed by atoms with Gasteiger partial charge < -0.3 is 19.7 Å². The number of hydrogen-bond acceptors (Lipinski definition) is 9. The van der Waals surface area contributed by atoms with Crippen molar-refractivity contribution in [3.05, 3.63) is 62.2 Å². The fourth-order valence-corrected chi connectivity index (χ4v) is 3.45. The summed E-state index contributed by atoms with van der Waals surface area (Å²) in [7, 11) is 1.33. The molecular formula is C21H22N4O8. The van der Waals surface area contributed by atoms with Crippen molar-refractivity contribution in [1.82, 2.24) is 0 Å². The quantitative estimate of drug-likeness (QED) is 0.356. The maximum atomic E-state index is 12.5. The van der Waals surface area contributed by atoms with Gasteiger partial charge in [0.2, 0.25) is 0 Å². The average molecular weight is 458 g/mol. The molecule has 174 valence electrons. The van der Waals surface area contributed by atoms with E-state index in [4.69, 9.17) is 9.47 Å². The summed E-state index contributed by atoms with van der Waals surface area (Å²) in [6.45, 7) is 2.70. The summed E-state index contributed by atoms with van der Waals surface area (Å²) >= 11 is 0. The van der Waals surface area contributed by atoms with E-state index >= 15 is 0 Å². The lowest BCUT2D eigenvalue weighted by atomic mass is 10.1. The molecule has 0 spiro atoms. The Morgan fingerprint density at radius 3 is 2.36 bits per heavy atom. The van der Waals surface area contributed by atoms with Crippen LogP contribution in [-0.4, -0.2) is 48.0 Å². The maximum absolute atomic E-state index is 12.5. The molecule has 1 unspecified atom stereocenters. The number of carbonyl (C=O) groups is 2. The van der Waals surface area contributed by atoms with Gasteiger partial charge >= 0.3 is 5.97 Å². The number of ether oxygens (including phenoxy) is 2. The second-order valence-corrected chi connectivity index (χ2v) is 7.33. The number of nitrogens with one attached hydrogen (secondary N) is 1. The third-order valence-corrected chi connectivity index (χ3v) is 5.16. The standard InChI is InChI=1S/C21H22N4O8/c1-13(20(26)22-16-12-15(24(28)29)6-8-19(16)32-2)33-21(27)14-5-7-17(18(11-14)25(30)31)23-9-3-4-10-23/h5-8,11-13H,3-4,9-10H2,1-2H3,(H,22,26). The molecule has 1 amide bonds. The van der Waals surface area contributed by atoms with Gasteiger partial charge in [0.25, 0.3) is 17.3 Å². The van der Waals surface area contributed by atoms with Crippen molar-refractivity contribution in [1.29, 1.82) is 0 Å². The van der Waals surface area contributed by atoms with Crippen LogP contribution < -0.4 is 15.0 Å². The highest BCUT2D eigenvalue weighted by molar-refractivity contribution is 5.98. The van der Waals surface area contributed by atoms with Gasteiger partial charge in [0.1, 0.15) is 11.4 Å². The van der Waals surface area contributed by atoms with Crippen molar-refractivity contribution in [2.45, 2.75) is 25.9 Å². The van der Waals surface area contributed by atoms with Crippen molar-refractivity contribution in [2.75, 3.05) is 30.4 Å². The number of nitro benzene ring substituents is 2. The number of amides is 1. The molecule has 12 heteroatoms. The molecule has 1 atom stereocenters. The molecule has 1 N–H and O–H groups in total. The van der Waals surface area contributed by atoms with Crippen molar-refractivity contribution in [3.8, 4) is 5.75 Å². The summed E-state index contributed by atoms with van der Waals surface area (Å²) in [6, 6.07) is 7.70. The van der Waals surface area contributed by atoms with Crippen molar-refractivity contribution in [3.63, 3.8) is 0 Å². The van der Waals surface area contributed by atoms with Gasteiger partial charge in [-0.25, -0.2) is 4.79 Å². The van der Waals surface area contributed by atoms with Crippen molar-refractivity contribution >= 4 is 34.6 Å². The molecule has 12 nitrogen and oxygen atoms in total. The lowest BCUT2D eigenvalue weighted by molar-refractivity contribution is -0.384. The third-order valence-electron chi connectivity index (χ3n) is 5.16. The first-order valence-electron chi connectivity index (χ1n) is 10.1. The molecular weight excluding hydrogens is 436 g/mol. The van der Waals surface area contributed by atoms with Crippen LogP contribution in [-0.2, 0) is 9.53 Å². The summed E-state index contributed by atoms with van der Waals surface area (Å²) < 4.78 is 10.2. The Kier molecular flexibility index (Phi) is 7.06. The van der Waals surface area contributed by atoms with Crippen LogP contribution in [0.15, 0.2) is 36.4 Å². The number of carbonyl (C=O) groups excluding carboxylic acids is 2. The Balaban J connectivity index is 1.73. The Bertz CT molecular complexity index is 1100. The van der Waals surface area contributed by atoms with Gasteiger partial charge in [0, 0.05) is 31.3 Å². The molecule has 0 radical (unpaired) electrons. The van der Waals surface area contributed by atoms with Gasteiger partial charge in [0.05, 0.1) is 28.2 Å². The fourth-order valence-electron chi connectivity index (χ4n) is 3.45. The second-order valence-electron chi connectivity index (χ2n) is 7.33. The maximum Gasteiger partial charge on any atom is 0.339 e. The predicted octanol–water partition coefficient (Wildman–Crippen LogP) is 3.30. The van der Waals surface area contributed by atoms with Crippen LogP contribution in [0.25, 0.3) is 0 Å². The van der Waals surface area contributed by atoms with E-state index in [2.05, 4.69) is 5.32 Å². The molecule has 0 saturated carbocycles. The number of methoxy groups -OCH3 is 1. The third kappa shape index (κ3) is 5.34. The van der Waals surface area contributed by atoms with Gasteiger partial charge in [-0.15, -0.1) is 0 Å². The lowest BCUT2D eigenvalue weighted by Crippen LogP contribution is -2.30. The summed E-state index contributed by atoms with van der Waals surface area (Å²) in [4.78, 5) is 48.2. The SMILES string of the molecule is COc1ccc([N+](=O)[O-])cc1NC(=O)C(C)OC(=O)c1ccc(N2CCCC2)c([N+](=O)[O-])c1. The number of nitro groups is 2. The normalized spacial score (nSPS) is 13.8. The van der Waals surface area contributed by atoms with E-state index in [1.807, 2.05) is 4.90 Å². The van der Waals surface area contributed by atoms with Crippen LogP contribution in [0.2, 0.25) is 0 Å². The molecule has 1 aliphatic heterocycles. The first kappa shape index (κ1) is 23.4. The zero-order chi connectivity index (χ0) is 24.1. The summed E-state index contributed by atoms with van der Waals surface area (Å²) in [5, 5.41) is 24.9. The Morgan fingerprint density at radius 2 is 1.76 bits per heavy atom. The molecule has 0 aliphatic carbocycles. The molecule has 0 aromatic heterocycles. The number of rotatable bonds is 8. The number of esters is 1. The highest BCUT2D eigenvalue weighted by Crippen LogP contribution is 2.32. The minimum Gasteiger partial charge on any atom is -0.495 e. The van der Waals surface area contributed by atoms with Crippen LogP contribution in [0.5, 0.6) is 5.75 Å². The fraction of sp³-hybridized carbons (Fsp3) is 0.333. The Hall–Kier alpha value is -4.22. The van der Waals surface area contributed by atoms with Crippen LogP contribution in [0.3, 0.4) is 0 Å². The summed E-state index contributed by atoms with van der Waals surface area (Å²) in [5.41, 5.74) is -0.0917. The topological polar surface area (TPSA) is 154 Å². The van der Waals surface area contributed by atoms with E-state index in [1.54, 1.807) is 0 Å². The number of nitrogens with zero attached hydrogens (tertiary/aromatic N) is 3. The monoisotopic (exact) mass is 458 g/mol. The van der Waals surface area contributed by atoms with E-state index < -0.39 is 27.8 Å². The molecule has 1 heterocycles. The van der Waals surface area contributed by atoms with Crippen LogP contribution in [0, 0.1) is 20.2 Å². The first-order chi connectivity index (χ1) is 15.7. The smallest absolute Gasteiger partial charge is 0.339 e. The molecule has 2 aromatic carbocycles. The molecule has 1 saturated heterocycles. The first-order valence-corrected chi connectivity index (χ1v) is 10.1. The van der Waals surface area contributed by atoms with Crippen LogP contribution in [0.4, 0.5) is 22.7 Å². The van der Waals surface area contributed by atoms with Gasteiger partial charge in [-0.05, 0) is 38.0 Å². The van der Waals surface area contributed by atoms with E-state index in [1.165, 1.54) is 38.3 Å². The number of non-ortho nitro benzene ring substituents is 1. The predicted molar refractivity (Wildman–Crippen MR) is 118 cm³/mol. The highest BCUT2D eigenvalue weighted by Gasteiger charge is 2.26. The zero-order valence-corrected chi connectivity index (χ0v) is 18.0. The Labute approximate surface area is 188 Å². The van der Waals surface area contributed by atoms with Gasteiger partial charge in [-0.2, -0.15) is 0 Å². The second kappa shape index (κ2) is 9.94. The van der Waals surface area contributed by atoms with Crippen LogP contribution in [0.1, 0.15) is 30.1 Å². The molecule has 1 aliphatic rings. The van der Waals surface area contributed by atoms with Crippen molar-refractivity contribution in [2.24, 2.45) is 0 Å². The number of anilines is 2. The van der Waals surface area contributed by atoms with Crippen molar-refractivity contribution < 1.29 is 28.9 Å². The van der Waals surface area contributed by atoms with Gasteiger partial charge in [-0.1, -0.05) is 0 Å². The zero-order valence-electron chi connectivity index (χ0n) is 18.0. The van der Waals surface area contributed by atoms with Gasteiger partial charge in [-0.3, -0.25) is 25.0 Å². The summed E-state index contributed by atoms with van der Waals surface area (Å²) in [6.07, 6.45) is 0.574. The van der Waals surface area contributed by atoms with E-state index in [0.717, 1.165) is 25.0 Å². The molecule has 3 rings (SSSR count). The summed E-state index contributed by atoms with van der Waals surface area (Å²) in [5.74, 6) is -1.49. The molecule has 2 aromatic rings. The molecule has 33 heavy (non-hydrogen) atoms. The molecule has 0 bridgehead atoms. The molecule has 1 fully saturated rings. The average Bonchev–Trinajstić information content (AvgIpc) is 3.33. The van der Waals surface area contributed by atoms with E-state index in [9.17, 15) is 29.8 Å². The minimum atomic E-state index is -1.29. The largest absolute Gasteiger partial charge is 0.495 e. The lowest BCUT2D eigenvalue weighted by Gasteiger charge is -2.18. The number of hydrogen-bond donors (Lipinski definition) is 1. The van der Waals surface area contributed by atoms with Crippen LogP contribution >= 0.6 is 0 Å². The van der Waals surface area contributed by atoms with Gasteiger partial charge in [0.15, 0.2) is 6.10 Å². The Morgan fingerprint density at radius 1 is 1.06 bits per heavy atom. The van der Waals surface area contributed by atoms with E-state index in [-0.39, 0.29) is 28.4 Å². The minimum absolute atomic E-state index is 0.0326. The highest BCUT2D eigenvalue weighted by atomic mass is 16.6.